The molecule has 1 aromatic carbocycles. The number of ether oxygens (including phenoxy) is 2. The van der Waals surface area contributed by atoms with Crippen LogP contribution in [-0.2, 0) is 11.2 Å². The molecule has 6 heteroatoms. The van der Waals surface area contributed by atoms with Crippen molar-refractivity contribution >= 4 is 17.6 Å². The topological polar surface area (TPSA) is 54.9 Å². The SMILES string of the molecule is CN=C(NCCc1ccc(OC)cc1Cl)NCC1(CCOC)CC1. The number of nitrogens with zero attached hydrogens (tertiary/aromatic N) is 1. The summed E-state index contributed by atoms with van der Waals surface area (Å²) in [6.07, 6.45) is 4.47. The van der Waals surface area contributed by atoms with Crippen LogP contribution in [0.4, 0.5) is 0 Å². The van der Waals surface area contributed by atoms with Crippen LogP contribution in [-0.4, -0.2) is 46.9 Å². The number of guanidine groups is 1. The molecule has 1 aliphatic carbocycles. The molecule has 24 heavy (non-hydrogen) atoms. The van der Waals surface area contributed by atoms with E-state index in [0.717, 1.165) is 54.8 Å². The van der Waals surface area contributed by atoms with Gasteiger partial charge in [0.15, 0.2) is 5.96 Å². The van der Waals surface area contributed by atoms with E-state index in [1.807, 2.05) is 18.2 Å². The van der Waals surface area contributed by atoms with Gasteiger partial charge in [-0.15, -0.1) is 0 Å². The van der Waals surface area contributed by atoms with Gasteiger partial charge >= 0.3 is 0 Å². The molecule has 134 valence electrons. The van der Waals surface area contributed by atoms with E-state index in [1.54, 1.807) is 21.3 Å². The molecule has 0 aliphatic heterocycles. The second-order valence-corrected chi connectivity index (χ2v) is 6.71. The van der Waals surface area contributed by atoms with Crippen LogP contribution in [0.5, 0.6) is 5.75 Å². The van der Waals surface area contributed by atoms with Crippen LogP contribution in [0.2, 0.25) is 5.02 Å². The average Bonchev–Trinajstić information content (AvgIpc) is 3.37. The van der Waals surface area contributed by atoms with E-state index in [-0.39, 0.29) is 0 Å². The minimum absolute atomic E-state index is 0.396. The van der Waals surface area contributed by atoms with E-state index >= 15 is 0 Å². The molecule has 0 saturated heterocycles. The molecule has 0 unspecified atom stereocenters. The lowest BCUT2D eigenvalue weighted by Gasteiger charge is -2.18. The molecule has 5 nitrogen and oxygen atoms in total. The summed E-state index contributed by atoms with van der Waals surface area (Å²) >= 11 is 6.27. The molecule has 1 fully saturated rings. The predicted octanol–water partition coefficient (Wildman–Crippen LogP) is 2.87. The zero-order chi connectivity index (χ0) is 17.4. The van der Waals surface area contributed by atoms with E-state index in [1.165, 1.54) is 12.8 Å². The number of benzene rings is 1. The van der Waals surface area contributed by atoms with Crippen LogP contribution in [0, 0.1) is 5.41 Å². The molecule has 0 bridgehead atoms. The van der Waals surface area contributed by atoms with Crippen molar-refractivity contribution in [2.75, 3.05) is 41.0 Å². The lowest BCUT2D eigenvalue weighted by Crippen LogP contribution is -2.41. The van der Waals surface area contributed by atoms with Crippen LogP contribution >= 0.6 is 11.6 Å². The zero-order valence-electron chi connectivity index (χ0n) is 14.8. The molecule has 1 aromatic rings. The van der Waals surface area contributed by atoms with Crippen LogP contribution in [0.3, 0.4) is 0 Å². The molecule has 0 aromatic heterocycles. The number of hydrogen-bond donors (Lipinski definition) is 2. The van der Waals surface area contributed by atoms with Gasteiger partial charge in [-0.2, -0.15) is 0 Å². The van der Waals surface area contributed by atoms with Gasteiger partial charge in [-0.05, 0) is 48.8 Å². The first kappa shape index (κ1) is 18.9. The fourth-order valence-corrected chi connectivity index (χ4v) is 2.94. The van der Waals surface area contributed by atoms with Crippen molar-refractivity contribution in [1.29, 1.82) is 0 Å². The zero-order valence-corrected chi connectivity index (χ0v) is 15.6. The van der Waals surface area contributed by atoms with Crippen LogP contribution in [0.15, 0.2) is 23.2 Å². The van der Waals surface area contributed by atoms with Gasteiger partial charge in [0.25, 0.3) is 0 Å². The Balaban J connectivity index is 1.74. The summed E-state index contributed by atoms with van der Waals surface area (Å²) in [5.41, 5.74) is 1.49. The normalized spacial score (nSPS) is 15.9. The number of methoxy groups -OCH3 is 2. The standard InChI is InChI=1S/C18H28ClN3O2/c1-20-17(22-13-18(7-8-18)9-11-23-2)21-10-6-14-4-5-15(24-3)12-16(14)19/h4-5,12H,6-11,13H2,1-3H3,(H2,20,21,22). The van der Waals surface area contributed by atoms with Crippen LogP contribution in [0.25, 0.3) is 0 Å². The minimum atomic E-state index is 0.396. The van der Waals surface area contributed by atoms with Gasteiger partial charge in [-0.3, -0.25) is 4.99 Å². The molecule has 0 heterocycles. The van der Waals surface area contributed by atoms with Crippen molar-refractivity contribution in [2.24, 2.45) is 10.4 Å². The summed E-state index contributed by atoms with van der Waals surface area (Å²) in [7, 11) is 5.19. The summed E-state index contributed by atoms with van der Waals surface area (Å²) in [5.74, 6) is 1.61. The maximum absolute atomic E-state index is 6.27. The molecule has 2 rings (SSSR count). The summed E-state index contributed by atoms with van der Waals surface area (Å²) in [5, 5.41) is 7.51. The van der Waals surface area contributed by atoms with Crippen molar-refractivity contribution in [1.82, 2.24) is 10.6 Å². The number of rotatable bonds is 9. The Morgan fingerprint density at radius 3 is 2.67 bits per heavy atom. The molecule has 2 N–H and O–H groups in total. The Morgan fingerprint density at radius 1 is 1.29 bits per heavy atom. The van der Waals surface area contributed by atoms with Crippen molar-refractivity contribution in [2.45, 2.75) is 25.7 Å². The van der Waals surface area contributed by atoms with Gasteiger partial charge in [0, 0.05) is 38.9 Å². The van der Waals surface area contributed by atoms with Crippen LogP contribution < -0.4 is 15.4 Å². The third kappa shape index (κ3) is 5.56. The first-order valence-corrected chi connectivity index (χ1v) is 8.76. The first-order valence-electron chi connectivity index (χ1n) is 8.38. The van der Waals surface area contributed by atoms with Crippen molar-refractivity contribution in [3.8, 4) is 5.75 Å². The molecule has 1 aliphatic rings. The van der Waals surface area contributed by atoms with Gasteiger partial charge in [-0.1, -0.05) is 17.7 Å². The maximum atomic E-state index is 6.27. The maximum Gasteiger partial charge on any atom is 0.191 e. The lowest BCUT2D eigenvalue weighted by atomic mass is 10.0. The Hall–Kier alpha value is -1.46. The van der Waals surface area contributed by atoms with E-state index in [0.29, 0.717) is 5.41 Å². The quantitative estimate of drug-likeness (QED) is 0.529. The van der Waals surface area contributed by atoms with Gasteiger partial charge in [0.05, 0.1) is 7.11 Å². The third-order valence-corrected chi connectivity index (χ3v) is 4.95. The summed E-state index contributed by atoms with van der Waals surface area (Å²) in [6.45, 7) is 2.54. The predicted molar refractivity (Wildman–Crippen MR) is 99.2 cm³/mol. The molecular formula is C18H28ClN3O2. The van der Waals surface area contributed by atoms with Gasteiger partial charge in [0.2, 0.25) is 0 Å². The Morgan fingerprint density at radius 2 is 2.08 bits per heavy atom. The fourth-order valence-electron chi connectivity index (χ4n) is 2.68. The fraction of sp³-hybridized carbons (Fsp3) is 0.611. The molecule has 1 saturated carbocycles. The van der Waals surface area contributed by atoms with Crippen molar-refractivity contribution in [3.05, 3.63) is 28.8 Å². The van der Waals surface area contributed by atoms with Crippen molar-refractivity contribution in [3.63, 3.8) is 0 Å². The lowest BCUT2D eigenvalue weighted by molar-refractivity contribution is 0.172. The van der Waals surface area contributed by atoms with Gasteiger partial charge in [0.1, 0.15) is 5.75 Å². The Bertz CT molecular complexity index is 559. The third-order valence-electron chi connectivity index (χ3n) is 4.60. The largest absolute Gasteiger partial charge is 0.497 e. The number of nitrogens with one attached hydrogen (secondary N) is 2. The Kier molecular flexibility index (Phi) is 7.18. The minimum Gasteiger partial charge on any atom is -0.497 e. The van der Waals surface area contributed by atoms with E-state index < -0.39 is 0 Å². The summed E-state index contributed by atoms with van der Waals surface area (Å²) in [4.78, 5) is 4.29. The highest BCUT2D eigenvalue weighted by Crippen LogP contribution is 2.48. The van der Waals surface area contributed by atoms with Gasteiger partial charge < -0.3 is 20.1 Å². The highest BCUT2D eigenvalue weighted by molar-refractivity contribution is 6.31. The molecule has 0 amide bonds. The number of aliphatic imine (C=N–C) groups is 1. The number of halogens is 1. The second-order valence-electron chi connectivity index (χ2n) is 6.30. The molecule has 0 spiro atoms. The molecular weight excluding hydrogens is 326 g/mol. The average molecular weight is 354 g/mol. The van der Waals surface area contributed by atoms with Gasteiger partial charge in [-0.25, -0.2) is 0 Å². The second kappa shape index (κ2) is 9.14. The first-order chi connectivity index (χ1) is 11.6. The highest BCUT2D eigenvalue weighted by Gasteiger charge is 2.41. The smallest absolute Gasteiger partial charge is 0.191 e. The summed E-state index contributed by atoms with van der Waals surface area (Å²) in [6, 6.07) is 5.78. The van der Waals surface area contributed by atoms with E-state index in [2.05, 4.69) is 15.6 Å². The Labute approximate surface area is 149 Å². The molecule has 0 atom stereocenters. The van der Waals surface area contributed by atoms with E-state index in [4.69, 9.17) is 21.1 Å². The monoisotopic (exact) mass is 353 g/mol. The van der Waals surface area contributed by atoms with Crippen molar-refractivity contribution < 1.29 is 9.47 Å². The van der Waals surface area contributed by atoms with E-state index in [9.17, 15) is 0 Å². The molecule has 0 radical (unpaired) electrons. The summed E-state index contributed by atoms with van der Waals surface area (Å²) < 4.78 is 10.4. The van der Waals surface area contributed by atoms with Crippen LogP contribution in [0.1, 0.15) is 24.8 Å². The highest BCUT2D eigenvalue weighted by atomic mass is 35.5. The number of hydrogen-bond acceptors (Lipinski definition) is 3.